The van der Waals surface area contributed by atoms with Crippen LogP contribution in [0, 0.1) is 0 Å². The number of hydrogen-bond donors (Lipinski definition) is 0. The van der Waals surface area contributed by atoms with E-state index in [2.05, 4.69) is 0 Å². The number of rotatable bonds is 3. The quantitative estimate of drug-likeness (QED) is 0.546. The standard InChI is InChI=1S/C5H12OS/c1-3-5-7(6)4-2/h3-5H2,1-2H3. The molecule has 1 unspecified atom stereocenters. The van der Waals surface area contributed by atoms with Gasteiger partial charge in [-0.1, -0.05) is 13.8 Å². The minimum Gasteiger partial charge on any atom is -0.260 e. The van der Waals surface area contributed by atoms with Crippen LogP contribution < -0.4 is 0 Å². The zero-order valence-corrected chi connectivity index (χ0v) is 5.75. The maximum atomic E-state index is 10.5. The molecule has 0 aliphatic rings. The second kappa shape index (κ2) is 4.31. The first-order chi connectivity index (χ1) is 3.31. The fraction of sp³-hybridized carbons (Fsp3) is 1.00. The Kier molecular flexibility index (Phi) is 4.41. The van der Waals surface area contributed by atoms with Gasteiger partial charge in [-0.05, 0) is 6.42 Å². The highest BCUT2D eigenvalue weighted by atomic mass is 32.2. The monoisotopic (exact) mass is 120 g/mol. The Balaban J connectivity index is 3.00. The lowest BCUT2D eigenvalue weighted by molar-refractivity contribution is 0.682. The zero-order valence-electron chi connectivity index (χ0n) is 4.94. The smallest absolute Gasteiger partial charge is 0.0232 e. The second-order valence-corrected chi connectivity index (χ2v) is 3.30. The summed E-state index contributed by atoms with van der Waals surface area (Å²) in [4.78, 5) is 0. The van der Waals surface area contributed by atoms with Crippen molar-refractivity contribution in [2.24, 2.45) is 0 Å². The van der Waals surface area contributed by atoms with E-state index in [1.807, 2.05) is 13.8 Å². The summed E-state index contributed by atoms with van der Waals surface area (Å²) in [7, 11) is -0.527. The van der Waals surface area contributed by atoms with Crippen LogP contribution in [0.1, 0.15) is 20.3 Å². The maximum Gasteiger partial charge on any atom is 0.0232 e. The van der Waals surface area contributed by atoms with Gasteiger partial charge in [0.05, 0.1) is 0 Å². The molecule has 0 heterocycles. The van der Waals surface area contributed by atoms with Crippen LogP contribution >= 0.6 is 0 Å². The molecule has 0 aromatic heterocycles. The van der Waals surface area contributed by atoms with Gasteiger partial charge in [0.1, 0.15) is 0 Å². The van der Waals surface area contributed by atoms with Crippen molar-refractivity contribution in [1.82, 2.24) is 0 Å². The predicted octanol–water partition coefficient (Wildman–Crippen LogP) is 1.17. The SMILES string of the molecule is CCCS(=O)CC. The molecule has 1 atom stereocenters. The van der Waals surface area contributed by atoms with E-state index in [0.29, 0.717) is 0 Å². The predicted molar refractivity (Wildman–Crippen MR) is 33.8 cm³/mol. The summed E-state index contributed by atoms with van der Waals surface area (Å²) < 4.78 is 10.5. The Bertz CT molecular complexity index is 61.1. The summed E-state index contributed by atoms with van der Waals surface area (Å²) in [6.07, 6.45) is 1.04. The summed E-state index contributed by atoms with van der Waals surface area (Å²) in [5.74, 6) is 1.68. The fourth-order valence-electron chi connectivity index (χ4n) is 0.372. The Morgan fingerprint density at radius 3 is 2.14 bits per heavy atom. The van der Waals surface area contributed by atoms with Gasteiger partial charge >= 0.3 is 0 Å². The Morgan fingerprint density at radius 2 is 2.00 bits per heavy atom. The molecule has 0 N–H and O–H groups in total. The van der Waals surface area contributed by atoms with Crippen LogP contribution in [0.2, 0.25) is 0 Å². The van der Waals surface area contributed by atoms with Crippen LogP contribution in [0.3, 0.4) is 0 Å². The largest absolute Gasteiger partial charge is 0.260 e. The van der Waals surface area contributed by atoms with Gasteiger partial charge < -0.3 is 0 Å². The minimum absolute atomic E-state index is 0.527. The van der Waals surface area contributed by atoms with Gasteiger partial charge in [-0.15, -0.1) is 0 Å². The molecule has 2 heteroatoms. The topological polar surface area (TPSA) is 17.1 Å². The average molecular weight is 120 g/mol. The molecule has 0 saturated heterocycles. The van der Waals surface area contributed by atoms with Crippen LogP contribution in [0.4, 0.5) is 0 Å². The summed E-state index contributed by atoms with van der Waals surface area (Å²) in [5, 5.41) is 0. The third-order valence-corrected chi connectivity index (χ3v) is 2.26. The van der Waals surface area contributed by atoms with Gasteiger partial charge in [0.25, 0.3) is 0 Å². The molecule has 0 rings (SSSR count). The van der Waals surface area contributed by atoms with Crippen molar-refractivity contribution in [1.29, 1.82) is 0 Å². The van der Waals surface area contributed by atoms with Crippen molar-refractivity contribution >= 4 is 10.8 Å². The Morgan fingerprint density at radius 1 is 1.43 bits per heavy atom. The molecule has 0 aliphatic heterocycles. The molecular formula is C5H12OS. The van der Waals surface area contributed by atoms with E-state index in [9.17, 15) is 4.21 Å². The fourth-order valence-corrected chi connectivity index (χ4v) is 1.12. The van der Waals surface area contributed by atoms with Crippen molar-refractivity contribution in [2.45, 2.75) is 20.3 Å². The first-order valence-electron chi connectivity index (χ1n) is 2.66. The lowest BCUT2D eigenvalue weighted by atomic mass is 10.6. The molecule has 0 aromatic carbocycles. The highest BCUT2D eigenvalue weighted by molar-refractivity contribution is 7.84. The van der Waals surface area contributed by atoms with E-state index in [0.717, 1.165) is 17.9 Å². The lowest BCUT2D eigenvalue weighted by Gasteiger charge is -1.89. The minimum atomic E-state index is -0.527. The van der Waals surface area contributed by atoms with E-state index in [4.69, 9.17) is 0 Å². The highest BCUT2D eigenvalue weighted by Crippen LogP contribution is 1.83. The molecule has 1 nitrogen and oxygen atoms in total. The molecule has 44 valence electrons. The molecule has 0 spiro atoms. The third-order valence-electron chi connectivity index (χ3n) is 0.754. The highest BCUT2D eigenvalue weighted by Gasteiger charge is 1.88. The van der Waals surface area contributed by atoms with Crippen LogP contribution in [0.25, 0.3) is 0 Å². The molecule has 0 bridgehead atoms. The molecule has 7 heavy (non-hydrogen) atoms. The van der Waals surface area contributed by atoms with Crippen molar-refractivity contribution < 1.29 is 4.21 Å². The molecular weight excluding hydrogens is 108 g/mol. The Hall–Kier alpha value is 0.150. The van der Waals surface area contributed by atoms with E-state index in [1.54, 1.807) is 0 Å². The third kappa shape index (κ3) is 3.99. The molecule has 0 aliphatic carbocycles. The van der Waals surface area contributed by atoms with Crippen molar-refractivity contribution in [3.8, 4) is 0 Å². The first-order valence-corrected chi connectivity index (χ1v) is 4.15. The van der Waals surface area contributed by atoms with E-state index in [1.165, 1.54) is 0 Å². The van der Waals surface area contributed by atoms with Crippen LogP contribution in [0.5, 0.6) is 0 Å². The summed E-state index contributed by atoms with van der Waals surface area (Å²) in [6.45, 7) is 4.00. The number of hydrogen-bond acceptors (Lipinski definition) is 1. The van der Waals surface area contributed by atoms with Gasteiger partial charge in [0, 0.05) is 22.3 Å². The summed E-state index contributed by atoms with van der Waals surface area (Å²) in [5.41, 5.74) is 0. The lowest BCUT2D eigenvalue weighted by Crippen LogP contribution is -1.96. The van der Waals surface area contributed by atoms with Gasteiger partial charge in [-0.25, -0.2) is 0 Å². The molecule has 0 saturated carbocycles. The normalized spacial score (nSPS) is 14.0. The first kappa shape index (κ1) is 7.15. The van der Waals surface area contributed by atoms with E-state index >= 15 is 0 Å². The van der Waals surface area contributed by atoms with Gasteiger partial charge in [-0.3, -0.25) is 4.21 Å². The van der Waals surface area contributed by atoms with Gasteiger partial charge in [-0.2, -0.15) is 0 Å². The molecule has 0 amide bonds. The van der Waals surface area contributed by atoms with Crippen LogP contribution in [-0.4, -0.2) is 15.7 Å². The summed E-state index contributed by atoms with van der Waals surface area (Å²) >= 11 is 0. The van der Waals surface area contributed by atoms with Gasteiger partial charge in [0.15, 0.2) is 0 Å². The zero-order chi connectivity index (χ0) is 5.70. The summed E-state index contributed by atoms with van der Waals surface area (Å²) in [6, 6.07) is 0. The van der Waals surface area contributed by atoms with E-state index in [-0.39, 0.29) is 0 Å². The van der Waals surface area contributed by atoms with Crippen molar-refractivity contribution in [3.63, 3.8) is 0 Å². The second-order valence-electron chi connectivity index (χ2n) is 1.43. The molecule has 0 aromatic rings. The van der Waals surface area contributed by atoms with E-state index < -0.39 is 10.8 Å². The molecule has 0 radical (unpaired) electrons. The van der Waals surface area contributed by atoms with Crippen LogP contribution in [-0.2, 0) is 10.8 Å². The Labute approximate surface area is 47.6 Å². The van der Waals surface area contributed by atoms with Crippen LogP contribution in [0.15, 0.2) is 0 Å². The maximum absolute atomic E-state index is 10.5. The molecule has 0 fully saturated rings. The average Bonchev–Trinajstić information content (AvgIpc) is 1.68. The van der Waals surface area contributed by atoms with Crippen molar-refractivity contribution in [2.75, 3.05) is 11.5 Å². The van der Waals surface area contributed by atoms with Gasteiger partial charge in [0.2, 0.25) is 0 Å². The van der Waals surface area contributed by atoms with Crippen molar-refractivity contribution in [3.05, 3.63) is 0 Å².